The lowest BCUT2D eigenvalue weighted by Crippen LogP contribution is -2.09. The van der Waals surface area contributed by atoms with Crippen LogP contribution in [0.5, 0.6) is 0 Å². The molecule has 11 heavy (non-hydrogen) atoms. The second kappa shape index (κ2) is 2.51. The van der Waals surface area contributed by atoms with Crippen molar-refractivity contribution < 1.29 is 0 Å². The summed E-state index contributed by atoms with van der Waals surface area (Å²) in [6.45, 7) is 0. The molecule has 1 aromatic rings. The molecule has 3 nitrogen and oxygen atoms in total. The molecule has 2 rings (SSSR count). The Balaban J connectivity index is 2.41. The number of hydrogen-bond acceptors (Lipinski definition) is 3. The fraction of sp³-hybridized carbons (Fsp3) is 0.375. The van der Waals surface area contributed by atoms with Crippen molar-refractivity contribution in [3.8, 4) is 0 Å². The van der Waals surface area contributed by atoms with Gasteiger partial charge in [-0.3, -0.25) is 0 Å². The standard InChI is InChI=1S/C8H11N3/c9-11-8-5-4-6-2-1-3-7(6)10-8/h4-5H,1-3,9H2,(H,10,11). The van der Waals surface area contributed by atoms with Crippen LogP contribution in [0.4, 0.5) is 5.82 Å². The summed E-state index contributed by atoms with van der Waals surface area (Å²) in [6.07, 6.45) is 3.51. The average Bonchev–Trinajstić information content (AvgIpc) is 2.50. The number of nitrogen functional groups attached to an aromatic ring is 1. The number of hydrazine groups is 1. The fourth-order valence-corrected chi connectivity index (χ4v) is 1.50. The second-order valence-electron chi connectivity index (χ2n) is 2.80. The Bertz CT molecular complexity index is 270. The number of nitrogens with two attached hydrogens (primary N) is 1. The summed E-state index contributed by atoms with van der Waals surface area (Å²) < 4.78 is 0. The molecule has 3 heteroatoms. The molecule has 0 saturated carbocycles. The Morgan fingerprint density at radius 2 is 2.27 bits per heavy atom. The minimum atomic E-state index is 0.769. The van der Waals surface area contributed by atoms with Gasteiger partial charge in [-0.25, -0.2) is 10.8 Å². The number of fused-ring (bicyclic) bond motifs is 1. The molecule has 58 valence electrons. The zero-order chi connectivity index (χ0) is 7.68. The molecular formula is C8H11N3. The second-order valence-corrected chi connectivity index (χ2v) is 2.80. The first-order valence-electron chi connectivity index (χ1n) is 3.85. The van der Waals surface area contributed by atoms with Crippen molar-refractivity contribution in [3.63, 3.8) is 0 Å². The molecular weight excluding hydrogens is 138 g/mol. The third-order valence-corrected chi connectivity index (χ3v) is 2.08. The van der Waals surface area contributed by atoms with E-state index in [1.165, 1.54) is 24.1 Å². The summed E-state index contributed by atoms with van der Waals surface area (Å²) in [5.41, 5.74) is 5.13. The van der Waals surface area contributed by atoms with Crippen molar-refractivity contribution in [2.45, 2.75) is 19.3 Å². The Hall–Kier alpha value is -1.09. The van der Waals surface area contributed by atoms with Crippen molar-refractivity contribution in [3.05, 3.63) is 23.4 Å². The molecule has 0 unspecified atom stereocenters. The van der Waals surface area contributed by atoms with Gasteiger partial charge in [0.15, 0.2) is 0 Å². The third-order valence-electron chi connectivity index (χ3n) is 2.08. The van der Waals surface area contributed by atoms with Crippen LogP contribution in [-0.4, -0.2) is 4.98 Å². The monoisotopic (exact) mass is 149 g/mol. The zero-order valence-electron chi connectivity index (χ0n) is 6.30. The molecule has 1 aliphatic rings. The van der Waals surface area contributed by atoms with E-state index in [-0.39, 0.29) is 0 Å². The lowest BCUT2D eigenvalue weighted by atomic mass is 10.2. The van der Waals surface area contributed by atoms with E-state index in [0.717, 1.165) is 12.2 Å². The van der Waals surface area contributed by atoms with Crippen LogP contribution in [0.3, 0.4) is 0 Å². The van der Waals surface area contributed by atoms with E-state index >= 15 is 0 Å². The number of rotatable bonds is 1. The smallest absolute Gasteiger partial charge is 0.140 e. The summed E-state index contributed by atoms with van der Waals surface area (Å²) in [4.78, 5) is 4.34. The minimum absolute atomic E-state index is 0.769. The maximum Gasteiger partial charge on any atom is 0.140 e. The molecule has 0 aliphatic heterocycles. The van der Waals surface area contributed by atoms with Crippen LogP contribution in [0.1, 0.15) is 17.7 Å². The lowest BCUT2D eigenvalue weighted by Gasteiger charge is -2.01. The molecule has 1 aromatic heterocycles. The van der Waals surface area contributed by atoms with Gasteiger partial charge >= 0.3 is 0 Å². The van der Waals surface area contributed by atoms with Crippen molar-refractivity contribution in [2.24, 2.45) is 5.84 Å². The van der Waals surface area contributed by atoms with Gasteiger partial charge < -0.3 is 5.43 Å². The molecule has 0 aromatic carbocycles. The van der Waals surface area contributed by atoms with E-state index < -0.39 is 0 Å². The van der Waals surface area contributed by atoms with Gasteiger partial charge in [0.25, 0.3) is 0 Å². The van der Waals surface area contributed by atoms with Crippen LogP contribution < -0.4 is 11.3 Å². The fourth-order valence-electron chi connectivity index (χ4n) is 1.50. The number of hydrogen-bond donors (Lipinski definition) is 2. The van der Waals surface area contributed by atoms with E-state index in [0.29, 0.717) is 0 Å². The van der Waals surface area contributed by atoms with E-state index in [2.05, 4.69) is 16.5 Å². The number of nitrogens with zero attached hydrogens (tertiary/aromatic N) is 1. The van der Waals surface area contributed by atoms with Gasteiger partial charge in [0.2, 0.25) is 0 Å². The van der Waals surface area contributed by atoms with Crippen LogP contribution in [0.25, 0.3) is 0 Å². The molecule has 3 N–H and O–H groups in total. The number of nitrogens with one attached hydrogen (secondary N) is 1. The predicted octanol–water partition coefficient (Wildman–Crippen LogP) is 0.856. The molecule has 0 bridgehead atoms. The van der Waals surface area contributed by atoms with Crippen LogP contribution in [0.2, 0.25) is 0 Å². The summed E-state index contributed by atoms with van der Waals surface area (Å²) in [5, 5.41) is 0. The van der Waals surface area contributed by atoms with Gasteiger partial charge in [0.1, 0.15) is 5.82 Å². The maximum absolute atomic E-state index is 5.23. The Kier molecular flexibility index (Phi) is 1.51. The SMILES string of the molecule is NNc1ccc2c(n1)CCC2. The van der Waals surface area contributed by atoms with Crippen LogP contribution in [0.15, 0.2) is 12.1 Å². The molecule has 0 saturated heterocycles. The quantitative estimate of drug-likeness (QED) is 0.460. The third kappa shape index (κ3) is 1.07. The zero-order valence-corrected chi connectivity index (χ0v) is 6.30. The minimum Gasteiger partial charge on any atom is -0.308 e. The van der Waals surface area contributed by atoms with Crippen LogP contribution in [0, 0.1) is 0 Å². The first kappa shape index (κ1) is 6.61. The van der Waals surface area contributed by atoms with Gasteiger partial charge in [-0.1, -0.05) is 6.07 Å². The van der Waals surface area contributed by atoms with Crippen molar-refractivity contribution in [1.29, 1.82) is 0 Å². The van der Waals surface area contributed by atoms with E-state index in [4.69, 9.17) is 5.84 Å². The Labute approximate surface area is 65.6 Å². The van der Waals surface area contributed by atoms with Gasteiger partial charge in [-0.15, -0.1) is 0 Å². The van der Waals surface area contributed by atoms with Crippen molar-refractivity contribution in [2.75, 3.05) is 5.43 Å². The highest BCUT2D eigenvalue weighted by atomic mass is 15.2. The Morgan fingerprint density at radius 3 is 3.09 bits per heavy atom. The molecule has 0 fully saturated rings. The van der Waals surface area contributed by atoms with Crippen LogP contribution >= 0.6 is 0 Å². The molecule has 1 heterocycles. The highest BCUT2D eigenvalue weighted by Gasteiger charge is 2.11. The van der Waals surface area contributed by atoms with Gasteiger partial charge in [-0.2, -0.15) is 0 Å². The number of pyridine rings is 1. The highest BCUT2D eigenvalue weighted by molar-refractivity contribution is 5.39. The van der Waals surface area contributed by atoms with E-state index in [1.54, 1.807) is 0 Å². The maximum atomic E-state index is 5.23. The molecule has 0 spiro atoms. The number of aromatic nitrogens is 1. The molecule has 0 amide bonds. The largest absolute Gasteiger partial charge is 0.308 e. The summed E-state index contributed by atoms with van der Waals surface area (Å²) in [6, 6.07) is 4.02. The average molecular weight is 149 g/mol. The highest BCUT2D eigenvalue weighted by Crippen LogP contribution is 2.20. The topological polar surface area (TPSA) is 50.9 Å². The van der Waals surface area contributed by atoms with Gasteiger partial charge in [0.05, 0.1) is 0 Å². The van der Waals surface area contributed by atoms with Crippen molar-refractivity contribution in [1.82, 2.24) is 4.98 Å². The van der Waals surface area contributed by atoms with Crippen LogP contribution in [-0.2, 0) is 12.8 Å². The van der Waals surface area contributed by atoms with E-state index in [9.17, 15) is 0 Å². The first-order valence-corrected chi connectivity index (χ1v) is 3.85. The number of anilines is 1. The Morgan fingerprint density at radius 1 is 1.36 bits per heavy atom. The first-order chi connectivity index (χ1) is 5.40. The summed E-state index contributed by atoms with van der Waals surface area (Å²) in [7, 11) is 0. The van der Waals surface area contributed by atoms with Crippen molar-refractivity contribution >= 4 is 5.82 Å². The predicted molar refractivity (Wildman–Crippen MR) is 44.1 cm³/mol. The van der Waals surface area contributed by atoms with Gasteiger partial charge in [0, 0.05) is 5.69 Å². The lowest BCUT2D eigenvalue weighted by molar-refractivity contribution is 0.899. The summed E-state index contributed by atoms with van der Waals surface area (Å²) >= 11 is 0. The van der Waals surface area contributed by atoms with Gasteiger partial charge in [-0.05, 0) is 30.9 Å². The summed E-state index contributed by atoms with van der Waals surface area (Å²) in [5.74, 6) is 6.00. The molecule has 0 atom stereocenters. The normalized spacial score (nSPS) is 14.6. The number of aryl methyl sites for hydroxylation is 2. The molecule has 1 aliphatic carbocycles. The van der Waals surface area contributed by atoms with E-state index in [1.807, 2.05) is 6.07 Å². The molecule has 0 radical (unpaired) electrons.